The van der Waals surface area contributed by atoms with Crippen molar-refractivity contribution in [2.45, 2.75) is 118 Å². The molecule has 0 saturated heterocycles. The van der Waals surface area contributed by atoms with E-state index in [0.29, 0.717) is 0 Å². The number of rotatable bonds is 12. The first-order valence-corrected chi connectivity index (χ1v) is 14.0. The Labute approximate surface area is 208 Å². The zero-order valence-corrected chi connectivity index (χ0v) is 23.8. The van der Waals surface area contributed by atoms with Gasteiger partial charge in [-0.15, -0.1) is 0 Å². The predicted octanol–water partition coefficient (Wildman–Crippen LogP) is 9.75. The van der Waals surface area contributed by atoms with Crippen molar-refractivity contribution in [2.75, 3.05) is 0 Å². The molecule has 1 aliphatic rings. The maximum absolute atomic E-state index is 10.3. The van der Waals surface area contributed by atoms with Crippen molar-refractivity contribution in [3.05, 3.63) is 20.1 Å². The monoisotopic (exact) mass is 558 g/mol. The van der Waals surface area contributed by atoms with E-state index in [4.69, 9.17) is 4.74 Å². The molecule has 0 aromatic heterocycles. The first kappa shape index (κ1) is 27.0. The van der Waals surface area contributed by atoms with Crippen molar-refractivity contribution >= 4 is 31.9 Å². The van der Waals surface area contributed by atoms with Gasteiger partial charge in [0.1, 0.15) is 17.1 Å². The minimum Gasteiger partial charge on any atom is -0.506 e. The van der Waals surface area contributed by atoms with Crippen LogP contribution in [-0.2, 0) is 6.42 Å². The van der Waals surface area contributed by atoms with Crippen LogP contribution in [0.25, 0.3) is 0 Å². The molecule has 0 amide bonds. The van der Waals surface area contributed by atoms with E-state index in [0.717, 1.165) is 62.8 Å². The third kappa shape index (κ3) is 7.95. The van der Waals surface area contributed by atoms with Crippen LogP contribution in [0.2, 0.25) is 0 Å². The molecule has 2 nitrogen and oxygen atoms in total. The largest absolute Gasteiger partial charge is 0.506 e. The molecule has 1 aromatic carbocycles. The van der Waals surface area contributed by atoms with Crippen LogP contribution in [0, 0.1) is 24.7 Å². The standard InChI is InChI=1S/C27H44Br2O2/c1-18(2)10-7-11-19(3)12-8-13-20(4)14-9-16-27(6)17-15-22-24(29)25(30)23(28)21(5)26(22)31-27/h18-20,30H,7-17H2,1-6H3/t19-,20-,27-/m1/s1. The molecule has 1 heterocycles. The van der Waals surface area contributed by atoms with Gasteiger partial charge in [0, 0.05) is 11.1 Å². The summed E-state index contributed by atoms with van der Waals surface area (Å²) in [6, 6.07) is 0. The van der Waals surface area contributed by atoms with Gasteiger partial charge < -0.3 is 9.84 Å². The molecule has 1 aliphatic heterocycles. The molecule has 4 heteroatoms. The number of benzene rings is 1. The molecule has 3 atom stereocenters. The van der Waals surface area contributed by atoms with Crippen molar-refractivity contribution in [1.29, 1.82) is 0 Å². The first-order chi connectivity index (χ1) is 14.5. The van der Waals surface area contributed by atoms with E-state index >= 15 is 0 Å². The molecule has 1 aromatic rings. The second-order valence-corrected chi connectivity index (χ2v) is 12.4. The quantitative estimate of drug-likeness (QED) is 0.276. The molecule has 0 radical (unpaired) electrons. The molecule has 2 rings (SSSR count). The lowest BCUT2D eigenvalue weighted by molar-refractivity contribution is 0.0511. The van der Waals surface area contributed by atoms with Gasteiger partial charge in [0.2, 0.25) is 0 Å². The summed E-state index contributed by atoms with van der Waals surface area (Å²) in [5.41, 5.74) is 1.99. The van der Waals surface area contributed by atoms with Gasteiger partial charge >= 0.3 is 0 Å². The van der Waals surface area contributed by atoms with Crippen molar-refractivity contribution in [3.63, 3.8) is 0 Å². The fourth-order valence-corrected chi connectivity index (χ4v) is 6.09. The number of halogens is 2. The Kier molecular flexibility index (Phi) is 10.7. The molecule has 0 fully saturated rings. The topological polar surface area (TPSA) is 29.5 Å². The Hall–Kier alpha value is -0.220. The number of ether oxygens (including phenoxy) is 1. The van der Waals surface area contributed by atoms with Gasteiger partial charge in [0.25, 0.3) is 0 Å². The van der Waals surface area contributed by atoms with E-state index in [1.54, 1.807) is 0 Å². The van der Waals surface area contributed by atoms with Gasteiger partial charge in [0.05, 0.1) is 8.95 Å². The smallest absolute Gasteiger partial charge is 0.144 e. The van der Waals surface area contributed by atoms with E-state index in [1.807, 2.05) is 6.92 Å². The van der Waals surface area contributed by atoms with Crippen LogP contribution < -0.4 is 4.74 Å². The Morgan fingerprint density at radius 3 is 2.03 bits per heavy atom. The van der Waals surface area contributed by atoms with Crippen LogP contribution in [0.4, 0.5) is 0 Å². The lowest BCUT2D eigenvalue weighted by Gasteiger charge is -2.38. The Morgan fingerprint density at radius 2 is 1.45 bits per heavy atom. The Balaban J connectivity index is 1.74. The SMILES string of the molecule is Cc1c(Br)c(O)c(Br)c2c1O[C@](C)(CCC[C@H](C)CCC[C@H](C)CCCC(C)C)CC2. The van der Waals surface area contributed by atoms with Crippen molar-refractivity contribution in [1.82, 2.24) is 0 Å². The van der Waals surface area contributed by atoms with Gasteiger partial charge in [-0.3, -0.25) is 0 Å². The summed E-state index contributed by atoms with van der Waals surface area (Å²) in [5.74, 6) is 3.75. The summed E-state index contributed by atoms with van der Waals surface area (Å²) in [6.45, 7) is 13.8. The highest BCUT2D eigenvalue weighted by atomic mass is 79.9. The van der Waals surface area contributed by atoms with E-state index < -0.39 is 0 Å². The maximum atomic E-state index is 10.3. The Bertz CT molecular complexity index is 716. The highest BCUT2D eigenvalue weighted by molar-refractivity contribution is 9.11. The normalized spacial score (nSPS) is 20.4. The second kappa shape index (κ2) is 12.3. The van der Waals surface area contributed by atoms with Crippen molar-refractivity contribution in [2.24, 2.45) is 17.8 Å². The Morgan fingerprint density at radius 1 is 0.903 bits per heavy atom. The second-order valence-electron chi connectivity index (χ2n) is 10.8. The molecule has 0 aliphatic carbocycles. The van der Waals surface area contributed by atoms with E-state index in [-0.39, 0.29) is 11.4 Å². The summed E-state index contributed by atoms with van der Waals surface area (Å²) in [7, 11) is 0. The fraction of sp³-hybridized carbons (Fsp3) is 0.778. The lowest BCUT2D eigenvalue weighted by Crippen LogP contribution is -2.37. The molecule has 0 unspecified atom stereocenters. The average Bonchev–Trinajstić information content (AvgIpc) is 2.70. The van der Waals surface area contributed by atoms with Crippen LogP contribution in [0.1, 0.15) is 110 Å². The average molecular weight is 560 g/mol. The summed E-state index contributed by atoms with van der Waals surface area (Å²) in [5, 5.41) is 10.3. The van der Waals surface area contributed by atoms with Gasteiger partial charge in [-0.05, 0) is 89.1 Å². The number of fused-ring (bicyclic) bond motifs is 1. The van der Waals surface area contributed by atoms with E-state index in [2.05, 4.69) is 66.5 Å². The van der Waals surface area contributed by atoms with Crippen molar-refractivity contribution < 1.29 is 9.84 Å². The van der Waals surface area contributed by atoms with Crippen LogP contribution in [0.15, 0.2) is 8.95 Å². The van der Waals surface area contributed by atoms with Crippen molar-refractivity contribution in [3.8, 4) is 11.5 Å². The predicted molar refractivity (Wildman–Crippen MR) is 140 cm³/mol. The summed E-state index contributed by atoms with van der Waals surface area (Å²) in [4.78, 5) is 0. The first-order valence-electron chi connectivity index (χ1n) is 12.4. The lowest BCUT2D eigenvalue weighted by atomic mass is 9.85. The summed E-state index contributed by atoms with van der Waals surface area (Å²) >= 11 is 7.07. The summed E-state index contributed by atoms with van der Waals surface area (Å²) in [6.07, 6.45) is 13.8. The molecular formula is C27H44Br2O2. The molecular weight excluding hydrogens is 516 g/mol. The molecule has 0 spiro atoms. The van der Waals surface area contributed by atoms with Gasteiger partial charge in [-0.1, -0.05) is 72.6 Å². The van der Waals surface area contributed by atoms with E-state index in [1.165, 1.54) is 51.4 Å². The number of hydrogen-bond donors (Lipinski definition) is 1. The molecule has 1 N–H and O–H groups in total. The van der Waals surface area contributed by atoms with Gasteiger partial charge in [0.15, 0.2) is 0 Å². The number of phenolic OH excluding ortho intramolecular Hbond substituents is 1. The number of hydrogen-bond acceptors (Lipinski definition) is 2. The van der Waals surface area contributed by atoms with Gasteiger partial charge in [-0.2, -0.15) is 0 Å². The van der Waals surface area contributed by atoms with Crippen LogP contribution in [-0.4, -0.2) is 10.7 Å². The highest BCUT2D eigenvalue weighted by Crippen LogP contribution is 2.49. The zero-order chi connectivity index (χ0) is 23.2. The maximum Gasteiger partial charge on any atom is 0.144 e. The minimum atomic E-state index is -0.113. The molecule has 178 valence electrons. The molecule has 0 saturated carbocycles. The third-order valence-electron chi connectivity index (χ3n) is 7.15. The zero-order valence-electron chi connectivity index (χ0n) is 20.6. The molecule has 0 bridgehead atoms. The highest BCUT2D eigenvalue weighted by Gasteiger charge is 2.34. The van der Waals surface area contributed by atoms with Crippen LogP contribution >= 0.6 is 31.9 Å². The number of phenols is 1. The number of aromatic hydroxyl groups is 1. The summed E-state index contributed by atoms with van der Waals surface area (Å²) < 4.78 is 8.05. The third-order valence-corrected chi connectivity index (χ3v) is 8.98. The van der Waals surface area contributed by atoms with Crippen LogP contribution in [0.3, 0.4) is 0 Å². The fourth-order valence-electron chi connectivity index (χ4n) is 4.87. The molecule has 31 heavy (non-hydrogen) atoms. The van der Waals surface area contributed by atoms with Gasteiger partial charge in [-0.25, -0.2) is 0 Å². The minimum absolute atomic E-state index is 0.113. The van der Waals surface area contributed by atoms with Crippen LogP contribution in [0.5, 0.6) is 11.5 Å². The van der Waals surface area contributed by atoms with E-state index in [9.17, 15) is 5.11 Å².